The number of aryl methyl sites for hydroxylation is 2. The molecule has 1 aliphatic rings. The number of nitriles is 1. The molecular weight excluding hydrogens is 438 g/mol. The fourth-order valence-corrected chi connectivity index (χ4v) is 4.86. The van der Waals surface area contributed by atoms with Crippen molar-refractivity contribution in [3.8, 4) is 17.2 Å². The van der Waals surface area contributed by atoms with Crippen molar-refractivity contribution in [2.75, 3.05) is 0 Å². The van der Waals surface area contributed by atoms with Gasteiger partial charge in [-0.1, -0.05) is 55.8 Å². The lowest BCUT2D eigenvalue weighted by Gasteiger charge is -2.32. The normalized spacial score (nSPS) is 19.8. The summed E-state index contributed by atoms with van der Waals surface area (Å²) in [5.74, 6) is 0.581. The van der Waals surface area contributed by atoms with Gasteiger partial charge in [0.05, 0.1) is 29.5 Å². The zero-order chi connectivity index (χ0) is 24.9. The van der Waals surface area contributed by atoms with E-state index in [1.54, 1.807) is 0 Å². The second-order valence-electron chi connectivity index (χ2n) is 9.42. The maximum atomic E-state index is 13.6. The highest BCUT2D eigenvalue weighted by Gasteiger charge is 2.27. The van der Waals surface area contributed by atoms with E-state index >= 15 is 0 Å². The monoisotopic (exact) mass is 471 g/mol. The first-order valence-corrected chi connectivity index (χ1v) is 12.4. The first-order valence-electron chi connectivity index (χ1n) is 12.4. The van der Waals surface area contributed by atoms with Crippen LogP contribution >= 0.6 is 0 Å². The van der Waals surface area contributed by atoms with Gasteiger partial charge in [-0.2, -0.15) is 5.26 Å². The molecule has 0 aliphatic carbocycles. The van der Waals surface area contributed by atoms with E-state index in [1.165, 1.54) is 4.73 Å². The van der Waals surface area contributed by atoms with Crippen LogP contribution in [-0.2, 0) is 17.6 Å². The van der Waals surface area contributed by atoms with Crippen molar-refractivity contribution in [1.82, 2.24) is 9.71 Å². The molecule has 4 rings (SSSR count). The van der Waals surface area contributed by atoms with E-state index in [0.29, 0.717) is 23.4 Å². The summed E-state index contributed by atoms with van der Waals surface area (Å²) in [5, 5.41) is 9.42. The summed E-state index contributed by atoms with van der Waals surface area (Å²) < 4.78 is 7.21. The fraction of sp³-hybridized carbons (Fsp3) is 0.414. The average molecular weight is 472 g/mol. The fourth-order valence-electron chi connectivity index (χ4n) is 4.86. The van der Waals surface area contributed by atoms with E-state index in [0.717, 1.165) is 48.1 Å². The minimum Gasteiger partial charge on any atom is -0.406 e. The summed E-state index contributed by atoms with van der Waals surface area (Å²) in [4.78, 5) is 24.6. The first kappa shape index (κ1) is 24.7. The zero-order valence-corrected chi connectivity index (χ0v) is 21.0. The molecule has 0 N–H and O–H groups in total. The number of hydrogen-bond donors (Lipinski definition) is 0. The standard InChI is InChI=1S/C29H33N3O3/c1-5-8-28-27(17-22-11-13-23(14-12-22)26-10-7-6-9-24(26)18-30)29(33)32(21(4)31-28)35-25-15-19(2)34-20(3)16-25/h6-7,9-14,19-20,25H,5,8,15-17H2,1-4H3/t19-,20?,25?/m0/s1. The Morgan fingerprint density at radius 3 is 2.46 bits per heavy atom. The van der Waals surface area contributed by atoms with Gasteiger partial charge in [0.25, 0.3) is 5.56 Å². The summed E-state index contributed by atoms with van der Waals surface area (Å²) in [6, 6.07) is 17.9. The predicted molar refractivity (Wildman–Crippen MR) is 136 cm³/mol. The van der Waals surface area contributed by atoms with Crippen LogP contribution in [0.5, 0.6) is 0 Å². The van der Waals surface area contributed by atoms with Gasteiger partial charge in [0.15, 0.2) is 0 Å². The van der Waals surface area contributed by atoms with Crippen molar-refractivity contribution >= 4 is 0 Å². The quantitative estimate of drug-likeness (QED) is 0.484. The Bertz CT molecular complexity index is 1260. The molecule has 1 saturated heterocycles. The number of rotatable bonds is 7. The van der Waals surface area contributed by atoms with Crippen LogP contribution in [-0.4, -0.2) is 28.0 Å². The molecule has 2 aromatic carbocycles. The number of benzene rings is 2. The molecule has 1 aliphatic heterocycles. The molecule has 1 fully saturated rings. The van der Waals surface area contributed by atoms with Crippen molar-refractivity contribution in [2.24, 2.45) is 0 Å². The van der Waals surface area contributed by atoms with Crippen molar-refractivity contribution < 1.29 is 9.57 Å². The van der Waals surface area contributed by atoms with Gasteiger partial charge >= 0.3 is 0 Å². The van der Waals surface area contributed by atoms with Crippen LogP contribution in [0, 0.1) is 18.3 Å². The largest absolute Gasteiger partial charge is 0.406 e. The Balaban J connectivity index is 1.64. The SMILES string of the molecule is CCCc1nc(C)n(OC2CC(C)O[C@@H](C)C2)c(=O)c1Cc1ccc(-c2ccccc2C#N)cc1. The van der Waals surface area contributed by atoms with Gasteiger partial charge in [-0.15, -0.1) is 4.73 Å². The van der Waals surface area contributed by atoms with Gasteiger partial charge in [-0.05, 0) is 49.9 Å². The van der Waals surface area contributed by atoms with Crippen LogP contribution < -0.4 is 10.4 Å². The van der Waals surface area contributed by atoms with Crippen molar-refractivity contribution in [3.05, 3.63) is 87.1 Å². The lowest BCUT2D eigenvalue weighted by molar-refractivity contribution is -0.107. The molecular formula is C29H33N3O3. The molecule has 3 atom stereocenters. The second-order valence-corrected chi connectivity index (χ2v) is 9.42. The van der Waals surface area contributed by atoms with E-state index in [2.05, 4.69) is 13.0 Å². The number of nitrogens with zero attached hydrogens (tertiary/aromatic N) is 3. The Hall–Kier alpha value is -3.43. The molecule has 182 valence electrons. The second kappa shape index (κ2) is 10.9. The molecule has 35 heavy (non-hydrogen) atoms. The third kappa shape index (κ3) is 5.63. The van der Waals surface area contributed by atoms with Crippen LogP contribution in [0.3, 0.4) is 0 Å². The van der Waals surface area contributed by atoms with E-state index < -0.39 is 0 Å². The third-order valence-corrected chi connectivity index (χ3v) is 6.47. The van der Waals surface area contributed by atoms with Crippen LogP contribution in [0.1, 0.15) is 68.2 Å². The highest BCUT2D eigenvalue weighted by atomic mass is 16.7. The van der Waals surface area contributed by atoms with Crippen LogP contribution in [0.2, 0.25) is 0 Å². The lowest BCUT2D eigenvalue weighted by atomic mass is 9.97. The van der Waals surface area contributed by atoms with Gasteiger partial charge in [0, 0.05) is 24.8 Å². The predicted octanol–water partition coefficient (Wildman–Crippen LogP) is 5.02. The maximum Gasteiger partial charge on any atom is 0.290 e. The van der Waals surface area contributed by atoms with Gasteiger partial charge in [-0.3, -0.25) is 4.79 Å². The Morgan fingerprint density at radius 1 is 1.11 bits per heavy atom. The number of hydrogen-bond acceptors (Lipinski definition) is 5. The molecule has 0 spiro atoms. The van der Waals surface area contributed by atoms with Crippen molar-refractivity contribution in [2.45, 2.75) is 78.1 Å². The molecule has 3 aromatic rings. The summed E-state index contributed by atoms with van der Waals surface area (Å²) in [6.07, 6.45) is 3.71. The molecule has 6 nitrogen and oxygen atoms in total. The highest BCUT2D eigenvalue weighted by molar-refractivity contribution is 5.70. The Morgan fingerprint density at radius 2 is 1.80 bits per heavy atom. The zero-order valence-electron chi connectivity index (χ0n) is 21.0. The van der Waals surface area contributed by atoms with E-state index in [9.17, 15) is 10.1 Å². The molecule has 0 radical (unpaired) electrons. The molecule has 2 heterocycles. The van der Waals surface area contributed by atoms with Crippen LogP contribution in [0.15, 0.2) is 53.3 Å². The summed E-state index contributed by atoms with van der Waals surface area (Å²) >= 11 is 0. The lowest BCUT2D eigenvalue weighted by Crippen LogP contribution is -2.43. The molecule has 2 unspecified atom stereocenters. The van der Waals surface area contributed by atoms with Crippen LogP contribution in [0.25, 0.3) is 11.1 Å². The van der Waals surface area contributed by atoms with Gasteiger partial charge < -0.3 is 9.57 Å². The van der Waals surface area contributed by atoms with Crippen molar-refractivity contribution in [3.63, 3.8) is 0 Å². The van der Waals surface area contributed by atoms with Gasteiger partial charge in [-0.25, -0.2) is 4.98 Å². The molecule has 0 amide bonds. The topological polar surface area (TPSA) is 77.1 Å². The number of ether oxygens (including phenoxy) is 1. The summed E-state index contributed by atoms with van der Waals surface area (Å²) in [6.45, 7) is 8.00. The minimum absolute atomic E-state index is 0.0867. The van der Waals surface area contributed by atoms with E-state index in [-0.39, 0.29) is 23.9 Å². The molecule has 6 heteroatoms. The summed E-state index contributed by atoms with van der Waals surface area (Å²) in [7, 11) is 0. The van der Waals surface area contributed by atoms with Gasteiger partial charge in [0.2, 0.25) is 0 Å². The molecule has 0 saturated carbocycles. The molecule has 1 aromatic heterocycles. The van der Waals surface area contributed by atoms with Crippen LogP contribution in [0.4, 0.5) is 0 Å². The van der Waals surface area contributed by atoms with E-state index in [1.807, 2.05) is 69.3 Å². The van der Waals surface area contributed by atoms with Gasteiger partial charge in [0.1, 0.15) is 11.9 Å². The third-order valence-electron chi connectivity index (χ3n) is 6.47. The Labute approximate surface area is 207 Å². The summed E-state index contributed by atoms with van der Waals surface area (Å²) in [5.41, 5.74) is 4.92. The minimum atomic E-state index is -0.133. The molecule has 0 bridgehead atoms. The van der Waals surface area contributed by atoms with E-state index in [4.69, 9.17) is 14.6 Å². The first-order chi connectivity index (χ1) is 16.9. The number of aromatic nitrogens is 2. The highest BCUT2D eigenvalue weighted by Crippen LogP contribution is 2.25. The van der Waals surface area contributed by atoms with Crippen molar-refractivity contribution in [1.29, 1.82) is 5.26 Å². The maximum absolute atomic E-state index is 13.6. The average Bonchev–Trinajstić information content (AvgIpc) is 2.84. The smallest absolute Gasteiger partial charge is 0.290 e. The Kier molecular flexibility index (Phi) is 7.67.